The topological polar surface area (TPSA) is 58.6 Å². The number of carbonyl (C=O) groups is 1. The van der Waals surface area contributed by atoms with E-state index in [4.69, 9.17) is 14.7 Å². The number of methoxy groups -OCH3 is 1. The summed E-state index contributed by atoms with van der Waals surface area (Å²) in [6.45, 7) is 1.43. The van der Waals surface area contributed by atoms with Gasteiger partial charge in [0.2, 0.25) is 0 Å². The molecule has 5 rings (SSSR count). The molecule has 3 aromatic carbocycles. The molecule has 6 nitrogen and oxygen atoms in total. The van der Waals surface area contributed by atoms with E-state index in [2.05, 4.69) is 4.90 Å². The zero-order chi connectivity index (χ0) is 25.1. The monoisotopic (exact) mass is 532 g/mol. The van der Waals surface area contributed by atoms with Crippen LogP contribution in [-0.2, 0) is 0 Å². The number of amides is 1. The third-order valence-corrected chi connectivity index (χ3v) is 7.10. The third-order valence-electron chi connectivity index (χ3n) is 6.06. The van der Waals surface area contributed by atoms with Gasteiger partial charge in [-0.05, 0) is 57.4 Å². The van der Waals surface area contributed by atoms with Crippen molar-refractivity contribution >= 4 is 55.9 Å². The van der Waals surface area contributed by atoms with Gasteiger partial charge in [0.05, 0.1) is 34.1 Å². The first-order valence-electron chi connectivity index (χ1n) is 11.9. The van der Waals surface area contributed by atoms with E-state index in [1.54, 1.807) is 7.11 Å². The molecule has 0 radical (unpaired) electrons. The van der Waals surface area contributed by atoms with Crippen LogP contribution < -0.4 is 9.64 Å². The Bertz CT molecular complexity index is 1520. The fourth-order valence-electron chi connectivity index (χ4n) is 4.22. The molecule has 0 unspecified atom stereocenters. The van der Waals surface area contributed by atoms with E-state index in [1.165, 1.54) is 11.3 Å². The van der Waals surface area contributed by atoms with Crippen molar-refractivity contribution in [1.29, 1.82) is 0 Å². The molecular weight excluding hydrogens is 504 g/mol. The Hall–Kier alpha value is -3.52. The molecule has 0 N–H and O–H groups in total. The maximum absolute atomic E-state index is 14.2. The van der Waals surface area contributed by atoms with Gasteiger partial charge in [-0.15, -0.1) is 12.4 Å². The molecule has 2 aromatic heterocycles. The number of ether oxygens (including phenoxy) is 1. The van der Waals surface area contributed by atoms with Crippen molar-refractivity contribution < 1.29 is 9.53 Å². The number of hydrogen-bond acceptors (Lipinski definition) is 6. The minimum Gasteiger partial charge on any atom is -0.497 e. The summed E-state index contributed by atoms with van der Waals surface area (Å²) in [6.07, 6.45) is 0.826. The van der Waals surface area contributed by atoms with Crippen LogP contribution in [0.4, 0.5) is 5.13 Å². The van der Waals surface area contributed by atoms with E-state index in [0.29, 0.717) is 17.2 Å². The number of thiazole rings is 1. The lowest BCUT2D eigenvalue weighted by Crippen LogP contribution is -2.33. The minimum atomic E-state index is -0.0736. The summed E-state index contributed by atoms with van der Waals surface area (Å²) in [6, 6.07) is 25.5. The first kappa shape index (κ1) is 26.5. The van der Waals surface area contributed by atoms with Crippen molar-refractivity contribution in [1.82, 2.24) is 14.9 Å². The maximum Gasteiger partial charge on any atom is 0.260 e. The SMILES string of the molecule is COc1ccc2nc(N(CCCN(C)C)C(=O)c3cc(-c4ccccc4)nc4ccccc34)sc2c1.Cl. The summed E-state index contributed by atoms with van der Waals surface area (Å²) in [5.41, 5.74) is 4.03. The second-order valence-electron chi connectivity index (χ2n) is 8.88. The van der Waals surface area contributed by atoms with Gasteiger partial charge in [0, 0.05) is 17.5 Å². The summed E-state index contributed by atoms with van der Waals surface area (Å²) in [7, 11) is 5.73. The Morgan fingerprint density at radius 1 is 0.892 bits per heavy atom. The lowest BCUT2D eigenvalue weighted by atomic mass is 10.0. The van der Waals surface area contributed by atoms with Crippen LogP contribution in [0.3, 0.4) is 0 Å². The average Bonchev–Trinajstić information content (AvgIpc) is 3.33. The zero-order valence-corrected chi connectivity index (χ0v) is 22.7. The summed E-state index contributed by atoms with van der Waals surface area (Å²) < 4.78 is 6.37. The molecule has 190 valence electrons. The fraction of sp³-hybridized carbons (Fsp3) is 0.207. The molecule has 0 spiro atoms. The molecule has 0 aliphatic heterocycles. The van der Waals surface area contributed by atoms with Crippen molar-refractivity contribution in [3.8, 4) is 17.0 Å². The molecule has 0 bridgehead atoms. The van der Waals surface area contributed by atoms with Crippen molar-refractivity contribution in [2.45, 2.75) is 6.42 Å². The number of benzene rings is 3. The number of pyridine rings is 1. The highest BCUT2D eigenvalue weighted by atomic mass is 35.5. The van der Waals surface area contributed by atoms with Crippen LogP contribution in [-0.4, -0.2) is 55.1 Å². The normalized spacial score (nSPS) is 11.0. The van der Waals surface area contributed by atoms with E-state index in [-0.39, 0.29) is 18.3 Å². The molecule has 0 atom stereocenters. The molecule has 0 aliphatic rings. The van der Waals surface area contributed by atoms with Gasteiger partial charge in [-0.2, -0.15) is 0 Å². The second-order valence-corrected chi connectivity index (χ2v) is 9.89. The lowest BCUT2D eigenvalue weighted by Gasteiger charge is -2.22. The van der Waals surface area contributed by atoms with Gasteiger partial charge in [0.1, 0.15) is 5.75 Å². The van der Waals surface area contributed by atoms with Crippen LogP contribution in [0.1, 0.15) is 16.8 Å². The summed E-state index contributed by atoms with van der Waals surface area (Å²) in [5.74, 6) is 0.700. The van der Waals surface area contributed by atoms with Gasteiger partial charge in [0.15, 0.2) is 5.13 Å². The van der Waals surface area contributed by atoms with Gasteiger partial charge in [-0.3, -0.25) is 9.69 Å². The summed E-state index contributed by atoms with van der Waals surface area (Å²) in [4.78, 5) is 27.9. The van der Waals surface area contributed by atoms with Crippen LogP contribution in [0, 0.1) is 0 Å². The molecule has 0 saturated carbocycles. The quantitative estimate of drug-likeness (QED) is 0.227. The van der Waals surface area contributed by atoms with Gasteiger partial charge >= 0.3 is 0 Å². The standard InChI is InChI=1S/C29H28N4O2S.ClH/c1-32(2)16-9-17-33(29-31-25-15-14-21(35-3)18-27(25)36-29)28(34)23-19-26(20-10-5-4-6-11-20)30-24-13-8-7-12-22(23)24;/h4-8,10-15,18-19H,9,16-17H2,1-3H3;1H. The number of fused-ring (bicyclic) bond motifs is 2. The van der Waals surface area contributed by atoms with E-state index in [1.807, 2.05) is 97.9 Å². The number of nitrogens with zero attached hydrogens (tertiary/aromatic N) is 4. The van der Waals surface area contributed by atoms with Crippen molar-refractivity contribution in [3.05, 3.63) is 84.4 Å². The third kappa shape index (κ3) is 5.74. The number of carbonyl (C=O) groups excluding carboxylic acids is 1. The molecule has 0 aliphatic carbocycles. The zero-order valence-electron chi connectivity index (χ0n) is 21.0. The molecule has 37 heavy (non-hydrogen) atoms. The van der Waals surface area contributed by atoms with Crippen molar-refractivity contribution in [2.24, 2.45) is 0 Å². The molecule has 8 heteroatoms. The van der Waals surface area contributed by atoms with E-state index < -0.39 is 0 Å². The smallest absolute Gasteiger partial charge is 0.260 e. The minimum absolute atomic E-state index is 0. The Morgan fingerprint density at radius 3 is 2.41 bits per heavy atom. The van der Waals surface area contributed by atoms with Crippen LogP contribution in [0.2, 0.25) is 0 Å². The first-order valence-corrected chi connectivity index (χ1v) is 12.7. The van der Waals surface area contributed by atoms with Crippen molar-refractivity contribution in [2.75, 3.05) is 39.2 Å². The molecule has 0 fully saturated rings. The van der Waals surface area contributed by atoms with Gasteiger partial charge in [-0.25, -0.2) is 9.97 Å². The molecule has 2 heterocycles. The van der Waals surface area contributed by atoms with Gasteiger partial charge < -0.3 is 9.64 Å². The lowest BCUT2D eigenvalue weighted by molar-refractivity contribution is 0.0987. The van der Waals surface area contributed by atoms with E-state index in [9.17, 15) is 4.79 Å². The molecular formula is C29H29ClN4O2S. The summed E-state index contributed by atoms with van der Waals surface area (Å²) in [5, 5.41) is 1.52. The number of halogens is 1. The van der Waals surface area contributed by atoms with Gasteiger partial charge in [0.25, 0.3) is 5.91 Å². The Labute approximate surface area is 226 Å². The van der Waals surface area contributed by atoms with Crippen LogP contribution >= 0.6 is 23.7 Å². The number of para-hydroxylation sites is 1. The number of aromatic nitrogens is 2. The molecule has 0 saturated heterocycles. The highest BCUT2D eigenvalue weighted by Crippen LogP contribution is 2.34. The Balaban J connectivity index is 0.00000320. The Kier molecular flexibility index (Phi) is 8.38. The van der Waals surface area contributed by atoms with E-state index >= 15 is 0 Å². The highest BCUT2D eigenvalue weighted by molar-refractivity contribution is 7.22. The maximum atomic E-state index is 14.2. The number of hydrogen-bond donors (Lipinski definition) is 0. The predicted molar refractivity (Wildman–Crippen MR) is 155 cm³/mol. The summed E-state index contributed by atoms with van der Waals surface area (Å²) >= 11 is 1.51. The number of rotatable bonds is 8. The van der Waals surface area contributed by atoms with E-state index in [0.717, 1.165) is 51.1 Å². The molecule has 1 amide bonds. The van der Waals surface area contributed by atoms with Crippen LogP contribution in [0.15, 0.2) is 78.9 Å². The molecule has 5 aromatic rings. The largest absolute Gasteiger partial charge is 0.497 e. The second kappa shape index (κ2) is 11.7. The predicted octanol–water partition coefficient (Wildman–Crippen LogP) is 6.54. The fourth-order valence-corrected chi connectivity index (χ4v) is 5.24. The highest BCUT2D eigenvalue weighted by Gasteiger charge is 2.24. The first-order chi connectivity index (χ1) is 17.5. The van der Waals surface area contributed by atoms with Gasteiger partial charge in [-0.1, -0.05) is 59.9 Å². The van der Waals surface area contributed by atoms with Crippen LogP contribution in [0.25, 0.3) is 32.4 Å². The Morgan fingerprint density at radius 2 is 1.65 bits per heavy atom. The average molecular weight is 533 g/mol. The van der Waals surface area contributed by atoms with Crippen molar-refractivity contribution in [3.63, 3.8) is 0 Å². The number of anilines is 1. The van der Waals surface area contributed by atoms with Crippen LogP contribution in [0.5, 0.6) is 5.75 Å².